The minimum Gasteiger partial charge on any atom is -0.300 e. The number of rotatable bonds is 2. The summed E-state index contributed by atoms with van der Waals surface area (Å²) in [6.07, 6.45) is -0.136. The quantitative estimate of drug-likeness (QED) is 0.677. The largest absolute Gasteiger partial charge is 0.300 e. The Bertz CT molecular complexity index is 350. The SMILES string of the molecule is CC(=O)Cc1cc(Cl)cc(F)c1F. The molecule has 0 aliphatic rings. The predicted molar refractivity (Wildman–Crippen MR) is 45.8 cm³/mol. The molecule has 0 radical (unpaired) electrons. The molecule has 1 aromatic carbocycles. The van der Waals surface area contributed by atoms with Crippen LogP contribution in [0.2, 0.25) is 5.02 Å². The van der Waals surface area contributed by atoms with E-state index in [2.05, 4.69) is 0 Å². The van der Waals surface area contributed by atoms with Crippen LogP contribution >= 0.6 is 11.6 Å². The van der Waals surface area contributed by atoms with E-state index in [4.69, 9.17) is 11.6 Å². The molecule has 0 saturated heterocycles. The van der Waals surface area contributed by atoms with Gasteiger partial charge in [-0.25, -0.2) is 8.78 Å². The maximum atomic E-state index is 13.0. The summed E-state index contributed by atoms with van der Waals surface area (Å²) in [4.78, 5) is 10.7. The van der Waals surface area contributed by atoms with Crippen molar-refractivity contribution in [2.75, 3.05) is 0 Å². The molecule has 1 aromatic rings. The Morgan fingerprint density at radius 2 is 2.08 bits per heavy atom. The van der Waals surface area contributed by atoms with Crippen LogP contribution in [0.25, 0.3) is 0 Å². The van der Waals surface area contributed by atoms with Crippen LogP contribution in [0.1, 0.15) is 12.5 Å². The number of halogens is 3. The van der Waals surface area contributed by atoms with Crippen molar-refractivity contribution in [3.05, 3.63) is 34.4 Å². The standard InChI is InChI=1S/C9H7ClF2O/c1-5(13)2-6-3-7(10)4-8(11)9(6)12/h3-4H,2H2,1H3. The zero-order valence-corrected chi connectivity index (χ0v) is 7.66. The fraction of sp³-hybridized carbons (Fsp3) is 0.222. The van der Waals surface area contributed by atoms with Gasteiger partial charge in [0, 0.05) is 11.4 Å². The number of Topliss-reactive ketones (excluding diaryl/α,β-unsaturated/α-hetero) is 1. The predicted octanol–water partition coefficient (Wildman–Crippen LogP) is 2.75. The summed E-state index contributed by atoms with van der Waals surface area (Å²) in [6, 6.07) is 2.13. The van der Waals surface area contributed by atoms with Crippen molar-refractivity contribution in [2.24, 2.45) is 0 Å². The Hall–Kier alpha value is -0.960. The van der Waals surface area contributed by atoms with Crippen molar-refractivity contribution in [1.29, 1.82) is 0 Å². The van der Waals surface area contributed by atoms with Crippen LogP contribution in [0.15, 0.2) is 12.1 Å². The topological polar surface area (TPSA) is 17.1 Å². The van der Waals surface area contributed by atoms with E-state index < -0.39 is 11.6 Å². The summed E-state index contributed by atoms with van der Waals surface area (Å²) < 4.78 is 25.7. The van der Waals surface area contributed by atoms with Gasteiger partial charge >= 0.3 is 0 Å². The first-order valence-electron chi connectivity index (χ1n) is 3.63. The molecule has 0 aliphatic carbocycles. The van der Waals surface area contributed by atoms with Gasteiger partial charge in [-0.2, -0.15) is 0 Å². The Morgan fingerprint density at radius 1 is 1.46 bits per heavy atom. The molecule has 0 bridgehead atoms. The van der Waals surface area contributed by atoms with Gasteiger partial charge in [0.2, 0.25) is 0 Å². The van der Waals surface area contributed by atoms with Gasteiger partial charge < -0.3 is 0 Å². The Balaban J connectivity index is 3.12. The van der Waals surface area contributed by atoms with Gasteiger partial charge in [-0.1, -0.05) is 11.6 Å². The maximum absolute atomic E-state index is 13.0. The average Bonchev–Trinajstić information content (AvgIpc) is 1.98. The highest BCUT2D eigenvalue weighted by atomic mass is 35.5. The van der Waals surface area contributed by atoms with E-state index in [0.717, 1.165) is 6.07 Å². The van der Waals surface area contributed by atoms with Crippen LogP contribution in [0.3, 0.4) is 0 Å². The highest BCUT2D eigenvalue weighted by molar-refractivity contribution is 6.30. The molecule has 0 aliphatic heterocycles. The zero-order chi connectivity index (χ0) is 10.0. The summed E-state index contributed by atoms with van der Waals surface area (Å²) in [5.41, 5.74) is -0.00231. The fourth-order valence-electron chi connectivity index (χ4n) is 1.01. The Kier molecular flexibility index (Phi) is 2.98. The monoisotopic (exact) mass is 204 g/mol. The third kappa shape index (κ3) is 2.49. The highest BCUT2D eigenvalue weighted by Gasteiger charge is 2.11. The fourth-order valence-corrected chi connectivity index (χ4v) is 1.23. The van der Waals surface area contributed by atoms with E-state index in [1.807, 2.05) is 0 Å². The van der Waals surface area contributed by atoms with Gasteiger partial charge in [0.25, 0.3) is 0 Å². The van der Waals surface area contributed by atoms with Crippen molar-refractivity contribution in [3.63, 3.8) is 0 Å². The van der Waals surface area contributed by atoms with Gasteiger partial charge in [-0.3, -0.25) is 4.79 Å². The van der Waals surface area contributed by atoms with Crippen LogP contribution < -0.4 is 0 Å². The van der Waals surface area contributed by atoms with Crippen LogP contribution in [0.5, 0.6) is 0 Å². The van der Waals surface area contributed by atoms with Crippen molar-refractivity contribution >= 4 is 17.4 Å². The number of carbonyl (C=O) groups excluding carboxylic acids is 1. The lowest BCUT2D eigenvalue weighted by atomic mass is 10.1. The Labute approximate surface area is 79.3 Å². The molecule has 0 unspecified atom stereocenters. The normalized spacial score (nSPS) is 10.2. The van der Waals surface area contributed by atoms with E-state index >= 15 is 0 Å². The minimum atomic E-state index is -1.02. The lowest BCUT2D eigenvalue weighted by Gasteiger charge is -2.02. The number of carbonyl (C=O) groups is 1. The second-order valence-corrected chi connectivity index (χ2v) is 3.18. The van der Waals surface area contributed by atoms with Gasteiger partial charge in [0.1, 0.15) is 5.78 Å². The molecule has 13 heavy (non-hydrogen) atoms. The minimum absolute atomic E-state index is 0.00231. The van der Waals surface area contributed by atoms with Gasteiger partial charge in [0.15, 0.2) is 11.6 Å². The maximum Gasteiger partial charge on any atom is 0.162 e. The first-order valence-corrected chi connectivity index (χ1v) is 4.01. The van der Waals surface area contributed by atoms with Crippen molar-refractivity contribution < 1.29 is 13.6 Å². The molecule has 4 heteroatoms. The van der Waals surface area contributed by atoms with E-state index in [9.17, 15) is 13.6 Å². The highest BCUT2D eigenvalue weighted by Crippen LogP contribution is 2.19. The molecule has 0 amide bonds. The molecule has 0 N–H and O–H groups in total. The smallest absolute Gasteiger partial charge is 0.162 e. The molecule has 0 aromatic heterocycles. The molecule has 1 nitrogen and oxygen atoms in total. The van der Waals surface area contributed by atoms with Crippen molar-refractivity contribution in [1.82, 2.24) is 0 Å². The first-order chi connectivity index (χ1) is 6.00. The Morgan fingerprint density at radius 3 is 2.62 bits per heavy atom. The van der Waals surface area contributed by atoms with Gasteiger partial charge in [-0.15, -0.1) is 0 Å². The third-order valence-corrected chi connectivity index (χ3v) is 1.73. The molecular formula is C9H7ClF2O. The van der Waals surface area contributed by atoms with Crippen molar-refractivity contribution in [3.8, 4) is 0 Å². The number of ketones is 1. The lowest BCUT2D eigenvalue weighted by Crippen LogP contribution is -2.01. The molecular weight excluding hydrogens is 198 g/mol. The van der Waals surface area contributed by atoms with E-state index in [1.165, 1.54) is 13.0 Å². The summed E-state index contributed by atoms with van der Waals surface area (Å²) in [6.45, 7) is 1.30. The summed E-state index contributed by atoms with van der Waals surface area (Å²) >= 11 is 5.49. The number of benzene rings is 1. The van der Waals surface area contributed by atoms with Crippen LogP contribution in [0, 0.1) is 11.6 Å². The third-order valence-electron chi connectivity index (χ3n) is 1.51. The average molecular weight is 205 g/mol. The molecule has 0 saturated carbocycles. The summed E-state index contributed by atoms with van der Waals surface area (Å²) in [5, 5.41) is 0.0927. The number of hydrogen-bond acceptors (Lipinski definition) is 1. The van der Waals surface area contributed by atoms with E-state index in [-0.39, 0.29) is 22.8 Å². The van der Waals surface area contributed by atoms with E-state index in [1.54, 1.807) is 0 Å². The lowest BCUT2D eigenvalue weighted by molar-refractivity contribution is -0.116. The van der Waals surface area contributed by atoms with Crippen LogP contribution in [-0.2, 0) is 11.2 Å². The first kappa shape index (κ1) is 10.1. The molecule has 0 atom stereocenters. The zero-order valence-electron chi connectivity index (χ0n) is 6.90. The summed E-state index contributed by atoms with van der Waals surface area (Å²) in [7, 11) is 0. The molecule has 0 fully saturated rings. The molecule has 1 rings (SSSR count). The molecule has 0 heterocycles. The second-order valence-electron chi connectivity index (χ2n) is 2.74. The van der Waals surface area contributed by atoms with E-state index in [0.29, 0.717) is 0 Å². The second kappa shape index (κ2) is 3.83. The van der Waals surface area contributed by atoms with Crippen LogP contribution in [0.4, 0.5) is 8.78 Å². The van der Waals surface area contributed by atoms with Gasteiger partial charge in [-0.05, 0) is 24.6 Å². The van der Waals surface area contributed by atoms with Crippen molar-refractivity contribution in [2.45, 2.75) is 13.3 Å². The number of hydrogen-bond donors (Lipinski definition) is 0. The molecule has 70 valence electrons. The van der Waals surface area contributed by atoms with Crippen LogP contribution in [-0.4, -0.2) is 5.78 Å². The summed E-state index contributed by atoms with van der Waals surface area (Å²) in [5.74, 6) is -2.26. The molecule has 0 spiro atoms. The van der Waals surface area contributed by atoms with Gasteiger partial charge in [0.05, 0.1) is 0 Å².